The molecule has 0 saturated heterocycles. The highest BCUT2D eigenvalue weighted by Gasteiger charge is 2.22. The van der Waals surface area contributed by atoms with Crippen LogP contribution in [0.4, 0.5) is 0 Å². The van der Waals surface area contributed by atoms with Crippen LogP contribution in [0.5, 0.6) is 11.5 Å². The molecule has 2 aromatic rings. The summed E-state index contributed by atoms with van der Waals surface area (Å²) < 4.78 is 11.1. The summed E-state index contributed by atoms with van der Waals surface area (Å²) in [4.78, 5) is 25.3. The zero-order valence-electron chi connectivity index (χ0n) is 16.5. The number of amides is 2. The largest absolute Gasteiger partial charge is 0.486 e. The van der Waals surface area contributed by atoms with E-state index in [0.717, 1.165) is 5.56 Å². The molecule has 2 aromatic carbocycles. The van der Waals surface area contributed by atoms with Crippen molar-refractivity contribution in [1.82, 2.24) is 10.6 Å². The topological polar surface area (TPSA) is 76.7 Å². The van der Waals surface area contributed by atoms with E-state index in [1.807, 2.05) is 32.0 Å². The van der Waals surface area contributed by atoms with Gasteiger partial charge in [0.1, 0.15) is 19.3 Å². The quantitative estimate of drug-likeness (QED) is 0.723. The van der Waals surface area contributed by atoms with Gasteiger partial charge in [0.15, 0.2) is 11.5 Å². The first kappa shape index (κ1) is 21.0. The lowest BCUT2D eigenvalue weighted by molar-refractivity contribution is -0.123. The van der Waals surface area contributed by atoms with Gasteiger partial charge in [-0.25, -0.2) is 0 Å². The first-order valence-corrected chi connectivity index (χ1v) is 10.0. The average molecular weight is 417 g/mol. The molecule has 1 atom stereocenters. The maximum atomic E-state index is 12.8. The van der Waals surface area contributed by atoms with Crippen molar-refractivity contribution >= 4 is 23.4 Å². The Morgan fingerprint density at radius 3 is 2.41 bits per heavy atom. The number of hydrogen-bond acceptors (Lipinski definition) is 4. The van der Waals surface area contributed by atoms with Gasteiger partial charge in [-0.2, -0.15) is 0 Å². The fourth-order valence-corrected chi connectivity index (χ4v) is 3.18. The van der Waals surface area contributed by atoms with Gasteiger partial charge in [-0.05, 0) is 54.3 Å². The Morgan fingerprint density at radius 1 is 1.03 bits per heavy atom. The highest BCUT2D eigenvalue weighted by atomic mass is 35.5. The molecule has 154 valence electrons. The first-order chi connectivity index (χ1) is 13.9. The second-order valence-corrected chi connectivity index (χ2v) is 7.79. The molecule has 1 unspecified atom stereocenters. The van der Waals surface area contributed by atoms with E-state index in [2.05, 4.69) is 10.6 Å². The van der Waals surface area contributed by atoms with E-state index in [4.69, 9.17) is 21.1 Å². The van der Waals surface area contributed by atoms with Crippen molar-refractivity contribution < 1.29 is 19.1 Å². The number of halogens is 1. The second-order valence-electron chi connectivity index (χ2n) is 7.36. The van der Waals surface area contributed by atoms with Crippen LogP contribution in [0, 0.1) is 5.92 Å². The Hall–Kier alpha value is -2.73. The molecule has 3 rings (SSSR count). The molecule has 0 saturated carbocycles. The molecule has 7 heteroatoms. The van der Waals surface area contributed by atoms with Crippen LogP contribution in [0.2, 0.25) is 5.02 Å². The zero-order valence-corrected chi connectivity index (χ0v) is 17.3. The molecule has 0 aromatic heterocycles. The first-order valence-electron chi connectivity index (χ1n) is 9.65. The third kappa shape index (κ3) is 5.87. The maximum Gasteiger partial charge on any atom is 0.251 e. The fraction of sp³-hybridized carbons (Fsp3) is 0.364. The molecule has 0 bridgehead atoms. The van der Waals surface area contributed by atoms with Crippen LogP contribution in [0.15, 0.2) is 42.5 Å². The van der Waals surface area contributed by atoms with Crippen LogP contribution >= 0.6 is 11.6 Å². The molecular formula is C22H25ClN2O4. The monoisotopic (exact) mass is 416 g/mol. The second kappa shape index (κ2) is 9.65. The summed E-state index contributed by atoms with van der Waals surface area (Å²) in [5.41, 5.74) is 1.36. The molecule has 1 aliphatic heterocycles. The van der Waals surface area contributed by atoms with E-state index in [1.165, 1.54) is 0 Å². The number of nitrogens with one attached hydrogen (secondary N) is 2. The minimum Gasteiger partial charge on any atom is -0.486 e. The lowest BCUT2D eigenvalue weighted by atomic mass is 10.0. The number of benzene rings is 2. The van der Waals surface area contributed by atoms with Gasteiger partial charge in [0, 0.05) is 17.1 Å². The number of carbonyl (C=O) groups is 2. The molecule has 29 heavy (non-hydrogen) atoms. The van der Waals surface area contributed by atoms with Gasteiger partial charge >= 0.3 is 0 Å². The molecule has 0 radical (unpaired) electrons. The smallest absolute Gasteiger partial charge is 0.251 e. The molecule has 1 heterocycles. The van der Waals surface area contributed by atoms with Gasteiger partial charge in [-0.3, -0.25) is 9.59 Å². The third-order valence-electron chi connectivity index (χ3n) is 4.51. The summed E-state index contributed by atoms with van der Waals surface area (Å²) in [6.45, 7) is 5.40. The van der Waals surface area contributed by atoms with Crippen LogP contribution in [0.25, 0.3) is 0 Å². The molecule has 2 N–H and O–H groups in total. The third-order valence-corrected chi connectivity index (χ3v) is 4.76. The standard InChI is InChI=1S/C22H25ClN2O4/c1-14(2)11-18(25-21(26)16-4-6-17(23)7-5-16)22(27)24-13-15-3-8-19-20(12-15)29-10-9-28-19/h3-8,12,14,18H,9-11,13H2,1-2H3,(H,24,27)(H,25,26). The van der Waals surface area contributed by atoms with Crippen molar-refractivity contribution in [3.05, 3.63) is 58.6 Å². The number of hydrogen-bond donors (Lipinski definition) is 2. The average Bonchev–Trinajstić information content (AvgIpc) is 2.71. The van der Waals surface area contributed by atoms with Crippen LogP contribution in [-0.4, -0.2) is 31.1 Å². The van der Waals surface area contributed by atoms with Crippen LogP contribution < -0.4 is 20.1 Å². The van der Waals surface area contributed by atoms with Crippen LogP contribution in [-0.2, 0) is 11.3 Å². The summed E-state index contributed by atoms with van der Waals surface area (Å²) in [5, 5.41) is 6.29. The van der Waals surface area contributed by atoms with Gasteiger partial charge in [-0.15, -0.1) is 0 Å². The summed E-state index contributed by atoms with van der Waals surface area (Å²) in [6.07, 6.45) is 0.534. The Labute approximate surface area is 175 Å². The molecule has 2 amide bonds. The number of fused-ring (bicyclic) bond motifs is 1. The normalized spacial score (nSPS) is 13.7. The molecule has 0 fully saturated rings. The van der Waals surface area contributed by atoms with Gasteiger partial charge in [0.05, 0.1) is 0 Å². The summed E-state index contributed by atoms with van der Waals surface area (Å²) >= 11 is 5.87. The highest BCUT2D eigenvalue weighted by Crippen LogP contribution is 2.30. The lowest BCUT2D eigenvalue weighted by Crippen LogP contribution is -2.47. The Kier molecular flexibility index (Phi) is 6.99. The highest BCUT2D eigenvalue weighted by molar-refractivity contribution is 6.30. The minimum absolute atomic E-state index is 0.226. The van der Waals surface area contributed by atoms with E-state index in [-0.39, 0.29) is 17.7 Å². The lowest BCUT2D eigenvalue weighted by Gasteiger charge is -2.21. The predicted octanol–water partition coefficient (Wildman–Crippen LogP) is 3.57. The number of rotatable bonds is 7. The van der Waals surface area contributed by atoms with Gasteiger partial charge < -0.3 is 20.1 Å². The number of ether oxygens (including phenoxy) is 2. The van der Waals surface area contributed by atoms with Gasteiger partial charge in [-0.1, -0.05) is 31.5 Å². The Balaban J connectivity index is 1.62. The van der Waals surface area contributed by atoms with E-state index in [9.17, 15) is 9.59 Å². The van der Waals surface area contributed by atoms with Crippen LogP contribution in [0.3, 0.4) is 0 Å². The van der Waals surface area contributed by atoms with Crippen molar-refractivity contribution in [3.8, 4) is 11.5 Å². The van der Waals surface area contributed by atoms with Crippen molar-refractivity contribution in [2.45, 2.75) is 32.9 Å². The molecule has 0 aliphatic carbocycles. The van der Waals surface area contributed by atoms with E-state index in [0.29, 0.717) is 48.3 Å². The van der Waals surface area contributed by atoms with Gasteiger partial charge in [0.2, 0.25) is 5.91 Å². The van der Waals surface area contributed by atoms with E-state index >= 15 is 0 Å². The van der Waals surface area contributed by atoms with E-state index in [1.54, 1.807) is 24.3 Å². The summed E-state index contributed by atoms with van der Waals surface area (Å²) in [5.74, 6) is 1.10. The van der Waals surface area contributed by atoms with Crippen LogP contribution in [0.1, 0.15) is 36.2 Å². The Bertz CT molecular complexity index is 868. The summed E-state index contributed by atoms with van der Waals surface area (Å²) in [6, 6.07) is 11.5. The SMILES string of the molecule is CC(C)CC(NC(=O)c1ccc(Cl)cc1)C(=O)NCc1ccc2c(c1)OCCO2. The zero-order chi connectivity index (χ0) is 20.8. The maximum absolute atomic E-state index is 12.8. The Morgan fingerprint density at radius 2 is 1.72 bits per heavy atom. The molecular weight excluding hydrogens is 392 g/mol. The van der Waals surface area contributed by atoms with Crippen molar-refractivity contribution in [2.75, 3.05) is 13.2 Å². The van der Waals surface area contributed by atoms with Crippen molar-refractivity contribution in [2.24, 2.45) is 5.92 Å². The van der Waals surface area contributed by atoms with Gasteiger partial charge in [0.25, 0.3) is 5.91 Å². The predicted molar refractivity (Wildman–Crippen MR) is 111 cm³/mol. The van der Waals surface area contributed by atoms with Crippen molar-refractivity contribution in [1.29, 1.82) is 0 Å². The molecule has 1 aliphatic rings. The minimum atomic E-state index is -0.629. The molecule has 6 nitrogen and oxygen atoms in total. The van der Waals surface area contributed by atoms with E-state index < -0.39 is 6.04 Å². The fourth-order valence-electron chi connectivity index (χ4n) is 3.06. The number of carbonyl (C=O) groups excluding carboxylic acids is 2. The van der Waals surface area contributed by atoms with Crippen molar-refractivity contribution in [3.63, 3.8) is 0 Å². The molecule has 0 spiro atoms. The summed E-state index contributed by atoms with van der Waals surface area (Å²) in [7, 11) is 0.